The van der Waals surface area contributed by atoms with Gasteiger partial charge in [0.1, 0.15) is 0 Å². The second kappa shape index (κ2) is 3.47. The van der Waals surface area contributed by atoms with E-state index in [1.54, 1.807) is 0 Å². The van der Waals surface area contributed by atoms with Gasteiger partial charge >= 0.3 is 0 Å². The number of ether oxygens (including phenoxy) is 1. The third-order valence-electron chi connectivity index (χ3n) is 4.24. The van der Waals surface area contributed by atoms with Crippen LogP contribution in [0.3, 0.4) is 0 Å². The molecule has 80 valence electrons. The predicted octanol–water partition coefficient (Wildman–Crippen LogP) is 0.603. The number of nitrogens with zero attached hydrogens (tertiary/aromatic N) is 1. The van der Waals surface area contributed by atoms with Crippen LogP contribution in [0.4, 0.5) is 0 Å². The highest BCUT2D eigenvalue weighted by molar-refractivity contribution is 5.03. The first-order chi connectivity index (χ1) is 6.91. The molecule has 3 heteroatoms. The van der Waals surface area contributed by atoms with Crippen molar-refractivity contribution in [3.8, 4) is 0 Å². The maximum Gasteiger partial charge on any atom is 0.0484 e. The lowest BCUT2D eigenvalue weighted by Gasteiger charge is -2.51. The summed E-state index contributed by atoms with van der Waals surface area (Å²) < 4.78 is 5.49. The third kappa shape index (κ3) is 1.30. The molecule has 1 spiro atoms. The summed E-state index contributed by atoms with van der Waals surface area (Å²) in [6.45, 7) is 5.65. The molecule has 0 amide bonds. The highest BCUT2D eigenvalue weighted by Gasteiger charge is 2.45. The molecule has 3 aliphatic heterocycles. The molecule has 0 aliphatic carbocycles. The first-order valence-electron chi connectivity index (χ1n) is 5.96. The van der Waals surface area contributed by atoms with Crippen molar-refractivity contribution in [2.45, 2.75) is 37.3 Å². The van der Waals surface area contributed by atoms with E-state index in [-0.39, 0.29) is 0 Å². The lowest BCUT2D eigenvalue weighted by molar-refractivity contribution is -0.0486. The zero-order valence-electron chi connectivity index (χ0n) is 8.80. The molecule has 1 N–H and O–H groups in total. The van der Waals surface area contributed by atoms with Crippen LogP contribution in [0.15, 0.2) is 0 Å². The fraction of sp³-hybridized carbons (Fsp3) is 1.00. The summed E-state index contributed by atoms with van der Waals surface area (Å²) in [6.07, 6.45) is 5.26. The molecular formula is C11H20N2O. The average Bonchev–Trinajstić information content (AvgIpc) is 2.69. The van der Waals surface area contributed by atoms with Crippen molar-refractivity contribution < 1.29 is 4.74 Å². The minimum absolute atomic E-state index is 0.456. The first kappa shape index (κ1) is 9.13. The van der Waals surface area contributed by atoms with Crippen LogP contribution in [-0.2, 0) is 4.74 Å². The molecule has 3 heterocycles. The molecule has 3 aliphatic rings. The van der Waals surface area contributed by atoms with E-state index in [4.69, 9.17) is 4.74 Å². The van der Waals surface area contributed by atoms with Gasteiger partial charge < -0.3 is 10.1 Å². The number of nitrogens with one attached hydrogen (secondary N) is 1. The second-order valence-corrected chi connectivity index (χ2v) is 4.96. The quantitative estimate of drug-likeness (QED) is 0.614. The van der Waals surface area contributed by atoms with Gasteiger partial charge in [-0.1, -0.05) is 0 Å². The number of fused-ring (bicyclic) bond motifs is 2. The minimum Gasteiger partial charge on any atom is -0.381 e. The van der Waals surface area contributed by atoms with Crippen LogP contribution in [0.1, 0.15) is 25.7 Å². The molecule has 0 saturated carbocycles. The van der Waals surface area contributed by atoms with Crippen LogP contribution in [0.5, 0.6) is 0 Å². The lowest BCUT2D eigenvalue weighted by Crippen LogP contribution is -2.65. The number of hydrogen-bond acceptors (Lipinski definition) is 3. The molecular weight excluding hydrogens is 176 g/mol. The Kier molecular flexibility index (Phi) is 2.26. The van der Waals surface area contributed by atoms with Crippen molar-refractivity contribution in [2.75, 3.05) is 32.8 Å². The minimum atomic E-state index is 0.456. The van der Waals surface area contributed by atoms with Crippen LogP contribution in [-0.4, -0.2) is 49.3 Å². The summed E-state index contributed by atoms with van der Waals surface area (Å²) in [5, 5.41) is 3.62. The Morgan fingerprint density at radius 2 is 2.14 bits per heavy atom. The van der Waals surface area contributed by atoms with Crippen LogP contribution >= 0.6 is 0 Å². The summed E-state index contributed by atoms with van der Waals surface area (Å²) >= 11 is 0. The molecule has 3 nitrogen and oxygen atoms in total. The largest absolute Gasteiger partial charge is 0.381 e. The van der Waals surface area contributed by atoms with E-state index < -0.39 is 0 Å². The van der Waals surface area contributed by atoms with E-state index in [0.29, 0.717) is 5.54 Å². The summed E-state index contributed by atoms with van der Waals surface area (Å²) in [5.41, 5.74) is 0.456. The SMILES string of the molecule is C1C[C@@H]2CNCC3(CCOCC3)N2C1. The van der Waals surface area contributed by atoms with Gasteiger partial charge in [0.2, 0.25) is 0 Å². The molecule has 0 aromatic carbocycles. The Morgan fingerprint density at radius 1 is 1.29 bits per heavy atom. The molecule has 0 aromatic rings. The van der Waals surface area contributed by atoms with Gasteiger partial charge in [0, 0.05) is 37.9 Å². The van der Waals surface area contributed by atoms with E-state index in [2.05, 4.69) is 10.2 Å². The maximum absolute atomic E-state index is 5.49. The Bertz CT molecular complexity index is 208. The number of hydrogen-bond donors (Lipinski definition) is 1. The van der Waals surface area contributed by atoms with Crippen LogP contribution in [0.25, 0.3) is 0 Å². The molecule has 0 bridgehead atoms. The third-order valence-corrected chi connectivity index (χ3v) is 4.24. The fourth-order valence-corrected chi connectivity index (χ4v) is 3.46. The zero-order chi connectivity index (χ0) is 9.43. The highest BCUT2D eigenvalue weighted by atomic mass is 16.5. The van der Waals surface area contributed by atoms with Crippen molar-refractivity contribution in [1.29, 1.82) is 0 Å². The van der Waals surface area contributed by atoms with Gasteiger partial charge in [0.25, 0.3) is 0 Å². The Morgan fingerprint density at radius 3 is 3.00 bits per heavy atom. The summed E-state index contributed by atoms with van der Waals surface area (Å²) in [5.74, 6) is 0. The number of rotatable bonds is 0. The van der Waals surface area contributed by atoms with Crippen molar-refractivity contribution in [3.63, 3.8) is 0 Å². The molecule has 0 radical (unpaired) electrons. The Hall–Kier alpha value is -0.120. The topological polar surface area (TPSA) is 24.5 Å². The van der Waals surface area contributed by atoms with Gasteiger partial charge in [-0.05, 0) is 32.2 Å². The number of piperazine rings is 1. The molecule has 0 aromatic heterocycles. The van der Waals surface area contributed by atoms with E-state index >= 15 is 0 Å². The zero-order valence-corrected chi connectivity index (χ0v) is 8.80. The van der Waals surface area contributed by atoms with Crippen LogP contribution in [0, 0.1) is 0 Å². The van der Waals surface area contributed by atoms with E-state index in [0.717, 1.165) is 19.3 Å². The average molecular weight is 196 g/mol. The van der Waals surface area contributed by atoms with Crippen LogP contribution < -0.4 is 5.32 Å². The molecule has 3 fully saturated rings. The normalized spacial score (nSPS) is 37.3. The van der Waals surface area contributed by atoms with Crippen LogP contribution in [0.2, 0.25) is 0 Å². The van der Waals surface area contributed by atoms with E-state index in [1.165, 1.54) is 45.3 Å². The molecule has 3 saturated heterocycles. The van der Waals surface area contributed by atoms with E-state index in [1.807, 2.05) is 0 Å². The van der Waals surface area contributed by atoms with Crippen molar-refractivity contribution in [3.05, 3.63) is 0 Å². The van der Waals surface area contributed by atoms with Crippen molar-refractivity contribution in [2.24, 2.45) is 0 Å². The maximum atomic E-state index is 5.49. The van der Waals surface area contributed by atoms with Gasteiger partial charge in [0.05, 0.1) is 0 Å². The standard InChI is InChI=1S/C11H20N2O/c1-2-10-8-12-9-11(13(10)5-1)3-6-14-7-4-11/h10,12H,1-9H2/t10-/m1/s1. The van der Waals surface area contributed by atoms with Gasteiger partial charge in [0.15, 0.2) is 0 Å². The van der Waals surface area contributed by atoms with E-state index in [9.17, 15) is 0 Å². The first-order valence-corrected chi connectivity index (χ1v) is 5.96. The van der Waals surface area contributed by atoms with Gasteiger partial charge in [-0.15, -0.1) is 0 Å². The highest BCUT2D eigenvalue weighted by Crippen LogP contribution is 2.35. The second-order valence-electron chi connectivity index (χ2n) is 4.96. The molecule has 1 atom stereocenters. The molecule has 3 rings (SSSR count). The Labute approximate surface area is 85.8 Å². The van der Waals surface area contributed by atoms with Gasteiger partial charge in [-0.2, -0.15) is 0 Å². The van der Waals surface area contributed by atoms with Gasteiger partial charge in [-0.3, -0.25) is 4.90 Å². The summed E-state index contributed by atoms with van der Waals surface area (Å²) in [6, 6.07) is 0.821. The van der Waals surface area contributed by atoms with Crippen molar-refractivity contribution in [1.82, 2.24) is 10.2 Å². The fourth-order valence-electron chi connectivity index (χ4n) is 3.46. The predicted molar refractivity (Wildman–Crippen MR) is 55.4 cm³/mol. The summed E-state index contributed by atoms with van der Waals surface area (Å²) in [7, 11) is 0. The van der Waals surface area contributed by atoms with Gasteiger partial charge in [-0.25, -0.2) is 0 Å². The monoisotopic (exact) mass is 196 g/mol. The molecule has 14 heavy (non-hydrogen) atoms. The van der Waals surface area contributed by atoms with Crippen molar-refractivity contribution >= 4 is 0 Å². The smallest absolute Gasteiger partial charge is 0.0484 e. The Balaban J connectivity index is 1.81. The summed E-state index contributed by atoms with van der Waals surface area (Å²) in [4.78, 5) is 2.78. The molecule has 0 unspecified atom stereocenters. The lowest BCUT2D eigenvalue weighted by atomic mass is 9.85.